The van der Waals surface area contributed by atoms with Crippen LogP contribution in [-0.4, -0.2) is 57.0 Å². The van der Waals surface area contributed by atoms with Gasteiger partial charge in [-0.25, -0.2) is 13.2 Å². The Morgan fingerprint density at radius 3 is 2.75 bits per heavy atom. The maximum absolute atomic E-state index is 13.1. The van der Waals surface area contributed by atoms with Crippen molar-refractivity contribution in [2.45, 2.75) is 38.5 Å². The predicted molar refractivity (Wildman–Crippen MR) is 91.6 cm³/mol. The third-order valence-electron chi connectivity index (χ3n) is 4.42. The van der Waals surface area contributed by atoms with Crippen molar-refractivity contribution < 1.29 is 17.9 Å². The van der Waals surface area contributed by atoms with Crippen LogP contribution >= 0.6 is 0 Å². The normalized spacial score (nSPS) is 19.4. The fourth-order valence-electron chi connectivity index (χ4n) is 3.36. The number of hydrogen-bond acceptors (Lipinski definition) is 5. The highest BCUT2D eigenvalue weighted by molar-refractivity contribution is 7.89. The first-order chi connectivity index (χ1) is 11.3. The van der Waals surface area contributed by atoms with Crippen molar-refractivity contribution in [2.75, 3.05) is 33.3 Å². The summed E-state index contributed by atoms with van der Waals surface area (Å²) in [5.41, 5.74) is 1.13. The molecule has 0 aromatic carbocycles. The van der Waals surface area contributed by atoms with Gasteiger partial charge in [0.1, 0.15) is 10.6 Å². The zero-order valence-electron chi connectivity index (χ0n) is 14.8. The number of esters is 1. The monoisotopic (exact) mass is 357 g/mol. The molecule has 0 aliphatic carbocycles. The lowest BCUT2D eigenvalue weighted by Crippen LogP contribution is -2.42. The number of carbonyl (C=O) groups is 1. The van der Waals surface area contributed by atoms with Crippen molar-refractivity contribution in [1.82, 2.24) is 14.6 Å². The van der Waals surface area contributed by atoms with Crippen LogP contribution < -0.4 is 5.32 Å². The summed E-state index contributed by atoms with van der Waals surface area (Å²) in [5, 5.41) is 3.12. The van der Waals surface area contributed by atoms with Crippen molar-refractivity contribution >= 4 is 16.0 Å². The van der Waals surface area contributed by atoms with Crippen LogP contribution in [0.2, 0.25) is 0 Å². The van der Waals surface area contributed by atoms with E-state index in [0.29, 0.717) is 30.3 Å². The lowest BCUT2D eigenvalue weighted by atomic mass is 10.00. The largest absolute Gasteiger partial charge is 0.461 e. The molecule has 0 amide bonds. The number of hydrogen-bond donors (Lipinski definition) is 2. The van der Waals surface area contributed by atoms with Crippen LogP contribution in [0.4, 0.5) is 0 Å². The molecule has 0 saturated carbocycles. The zero-order chi connectivity index (χ0) is 17.9. The molecule has 1 aliphatic rings. The van der Waals surface area contributed by atoms with Crippen LogP contribution in [-0.2, 0) is 14.8 Å². The van der Waals surface area contributed by atoms with Gasteiger partial charge in [-0.1, -0.05) is 0 Å². The van der Waals surface area contributed by atoms with Crippen molar-refractivity contribution in [3.63, 3.8) is 0 Å². The maximum atomic E-state index is 13.1. The Morgan fingerprint density at radius 2 is 2.12 bits per heavy atom. The molecule has 2 rings (SSSR count). The van der Waals surface area contributed by atoms with Crippen LogP contribution in [0.1, 0.15) is 41.5 Å². The number of aromatic amines is 1. The Bertz CT molecular complexity index is 694. The van der Waals surface area contributed by atoms with Crippen LogP contribution in [0.25, 0.3) is 0 Å². The second kappa shape index (κ2) is 7.67. The van der Waals surface area contributed by atoms with Gasteiger partial charge in [-0.2, -0.15) is 4.31 Å². The third kappa shape index (κ3) is 3.65. The minimum Gasteiger partial charge on any atom is -0.461 e. The molecule has 0 radical (unpaired) electrons. The fourth-order valence-corrected chi connectivity index (χ4v) is 5.32. The topological polar surface area (TPSA) is 91.5 Å². The molecule has 7 nitrogen and oxygen atoms in total. The number of rotatable bonds is 6. The van der Waals surface area contributed by atoms with Crippen molar-refractivity contribution in [2.24, 2.45) is 5.92 Å². The third-order valence-corrected chi connectivity index (χ3v) is 6.56. The van der Waals surface area contributed by atoms with Gasteiger partial charge in [0.25, 0.3) is 0 Å². The first-order valence-electron chi connectivity index (χ1n) is 8.33. The molecule has 1 unspecified atom stereocenters. The molecule has 1 atom stereocenters. The minimum atomic E-state index is -3.64. The molecule has 2 N–H and O–H groups in total. The molecule has 1 fully saturated rings. The van der Waals surface area contributed by atoms with E-state index < -0.39 is 16.0 Å². The van der Waals surface area contributed by atoms with Crippen molar-refractivity contribution in [3.05, 3.63) is 17.0 Å². The average molecular weight is 357 g/mol. The fraction of sp³-hybridized carbons (Fsp3) is 0.688. The Hall–Kier alpha value is -1.38. The number of carbonyl (C=O) groups excluding carboxylic acids is 1. The van der Waals surface area contributed by atoms with Gasteiger partial charge in [-0.15, -0.1) is 0 Å². The molecule has 8 heteroatoms. The Labute approximate surface area is 143 Å². The summed E-state index contributed by atoms with van der Waals surface area (Å²) >= 11 is 0. The average Bonchev–Trinajstić information content (AvgIpc) is 2.83. The molecule has 1 aliphatic heterocycles. The first-order valence-corrected chi connectivity index (χ1v) is 9.77. The molecular formula is C16H27N3O4S. The Balaban J connectivity index is 2.34. The number of aryl methyl sites for hydroxylation is 1. The number of piperidine rings is 1. The van der Waals surface area contributed by atoms with Gasteiger partial charge >= 0.3 is 5.97 Å². The molecule has 136 valence electrons. The van der Waals surface area contributed by atoms with Gasteiger partial charge < -0.3 is 15.0 Å². The SMILES string of the molecule is CCOC(=O)c1[nH]c(C)c(S(=O)(=O)N2CCCC(CNC)C2)c1C. The molecular weight excluding hydrogens is 330 g/mol. The molecule has 2 heterocycles. The summed E-state index contributed by atoms with van der Waals surface area (Å²) in [6.07, 6.45) is 1.87. The van der Waals surface area contributed by atoms with Crippen molar-refractivity contribution in [1.29, 1.82) is 0 Å². The molecule has 1 aromatic heterocycles. The summed E-state index contributed by atoms with van der Waals surface area (Å²) in [5.74, 6) is -0.214. The number of nitrogens with one attached hydrogen (secondary N) is 2. The summed E-state index contributed by atoms with van der Waals surface area (Å²) < 4.78 is 32.7. The number of nitrogens with zero attached hydrogens (tertiary/aromatic N) is 1. The number of sulfonamides is 1. The first kappa shape index (κ1) is 19.0. The van der Waals surface area contributed by atoms with Crippen LogP contribution in [0, 0.1) is 19.8 Å². The molecule has 0 bridgehead atoms. The molecule has 1 aromatic rings. The van der Waals surface area contributed by atoms with E-state index in [9.17, 15) is 13.2 Å². The summed E-state index contributed by atoms with van der Waals surface area (Å²) in [4.78, 5) is 15.1. The second-order valence-electron chi connectivity index (χ2n) is 6.23. The zero-order valence-corrected chi connectivity index (χ0v) is 15.6. The van der Waals surface area contributed by atoms with Crippen LogP contribution in [0.15, 0.2) is 4.90 Å². The van der Waals surface area contributed by atoms with E-state index in [1.54, 1.807) is 20.8 Å². The Kier molecular flexibility index (Phi) is 6.06. The quantitative estimate of drug-likeness (QED) is 0.752. The van der Waals surface area contributed by atoms with E-state index in [1.807, 2.05) is 7.05 Å². The summed E-state index contributed by atoms with van der Waals surface area (Å²) in [7, 11) is -1.76. The highest BCUT2D eigenvalue weighted by Crippen LogP contribution is 2.29. The molecule has 24 heavy (non-hydrogen) atoms. The van der Waals surface area contributed by atoms with E-state index in [-0.39, 0.29) is 17.2 Å². The standard InChI is InChI=1S/C16H27N3O4S/c1-5-23-16(20)14-11(2)15(12(3)18-14)24(21,22)19-8-6-7-13(10-19)9-17-4/h13,17-18H,5-10H2,1-4H3. The van der Waals surface area contributed by atoms with Gasteiger partial charge in [-0.05, 0) is 53.1 Å². The van der Waals surface area contributed by atoms with Crippen LogP contribution in [0.5, 0.6) is 0 Å². The predicted octanol–water partition coefficient (Wildman–Crippen LogP) is 1.43. The number of aromatic nitrogens is 1. The second-order valence-corrected chi connectivity index (χ2v) is 8.10. The lowest BCUT2D eigenvalue weighted by Gasteiger charge is -2.32. The molecule has 0 spiro atoms. The van der Waals surface area contributed by atoms with E-state index in [0.717, 1.165) is 19.4 Å². The van der Waals surface area contributed by atoms with Gasteiger partial charge in [0.15, 0.2) is 0 Å². The lowest BCUT2D eigenvalue weighted by molar-refractivity contribution is 0.0519. The van der Waals surface area contributed by atoms with Crippen molar-refractivity contribution in [3.8, 4) is 0 Å². The van der Waals surface area contributed by atoms with Crippen LogP contribution in [0.3, 0.4) is 0 Å². The Morgan fingerprint density at radius 1 is 1.42 bits per heavy atom. The smallest absolute Gasteiger partial charge is 0.355 e. The number of ether oxygens (including phenoxy) is 1. The van der Waals surface area contributed by atoms with E-state index in [4.69, 9.17) is 4.74 Å². The van der Waals surface area contributed by atoms with E-state index >= 15 is 0 Å². The summed E-state index contributed by atoms with van der Waals surface area (Å²) in [6, 6.07) is 0. The minimum absolute atomic E-state index is 0.204. The van der Waals surface area contributed by atoms with E-state index in [2.05, 4.69) is 10.3 Å². The van der Waals surface area contributed by atoms with Gasteiger partial charge in [0.2, 0.25) is 10.0 Å². The van der Waals surface area contributed by atoms with Gasteiger partial charge in [0, 0.05) is 24.3 Å². The van der Waals surface area contributed by atoms with Gasteiger partial charge in [0.05, 0.1) is 6.61 Å². The molecule has 1 saturated heterocycles. The van der Waals surface area contributed by atoms with E-state index in [1.165, 1.54) is 4.31 Å². The number of H-pyrrole nitrogens is 1. The van der Waals surface area contributed by atoms with Gasteiger partial charge in [-0.3, -0.25) is 0 Å². The highest BCUT2D eigenvalue weighted by Gasteiger charge is 2.34. The maximum Gasteiger partial charge on any atom is 0.355 e. The highest BCUT2D eigenvalue weighted by atomic mass is 32.2. The summed E-state index contributed by atoms with van der Waals surface area (Å²) in [6.45, 7) is 7.11.